The molecule has 96 valence electrons. The Labute approximate surface area is 103 Å². The lowest BCUT2D eigenvalue weighted by Crippen LogP contribution is -2.25. The van der Waals surface area contributed by atoms with Gasteiger partial charge in [0, 0.05) is 5.02 Å². The van der Waals surface area contributed by atoms with Crippen molar-refractivity contribution in [2.45, 2.75) is 12.2 Å². The maximum atomic E-state index is 11.9. The molecule has 0 aliphatic heterocycles. The molecular formula is C11H13ClF3NO. The lowest BCUT2D eigenvalue weighted by Gasteiger charge is -2.18. The summed E-state index contributed by atoms with van der Waals surface area (Å²) in [5.74, 6) is 0. The van der Waals surface area contributed by atoms with Crippen molar-refractivity contribution >= 4 is 11.6 Å². The molecule has 0 spiro atoms. The molecular weight excluding hydrogens is 255 g/mol. The number of nitrogens with one attached hydrogen (secondary N) is 1. The average molecular weight is 268 g/mol. The molecule has 17 heavy (non-hydrogen) atoms. The third-order valence-corrected chi connectivity index (χ3v) is 2.52. The molecule has 0 bridgehead atoms. The van der Waals surface area contributed by atoms with E-state index in [1.54, 1.807) is 31.3 Å². The lowest BCUT2D eigenvalue weighted by atomic mass is 10.1. The van der Waals surface area contributed by atoms with Crippen LogP contribution in [0.25, 0.3) is 0 Å². The standard InChI is InChI=1S/C11H13ClF3NO/c1-16-10(6-17-7-11(13,14)15)8-4-2-3-5-9(8)12/h2-5,10,16H,6-7H2,1H3. The quantitative estimate of drug-likeness (QED) is 0.885. The predicted octanol–water partition coefficient (Wildman–Crippen LogP) is 3.18. The fourth-order valence-corrected chi connectivity index (χ4v) is 1.65. The van der Waals surface area contributed by atoms with Crippen LogP contribution in [-0.2, 0) is 4.74 Å². The maximum Gasteiger partial charge on any atom is 0.411 e. The van der Waals surface area contributed by atoms with Gasteiger partial charge in [0.15, 0.2) is 0 Å². The Hall–Kier alpha value is -0.780. The third-order valence-electron chi connectivity index (χ3n) is 2.18. The van der Waals surface area contributed by atoms with Gasteiger partial charge >= 0.3 is 6.18 Å². The molecule has 1 atom stereocenters. The smallest absolute Gasteiger partial charge is 0.370 e. The minimum absolute atomic E-state index is 0.0836. The summed E-state index contributed by atoms with van der Waals surface area (Å²) < 4.78 is 40.4. The van der Waals surface area contributed by atoms with Crippen molar-refractivity contribution in [3.63, 3.8) is 0 Å². The van der Waals surface area contributed by atoms with E-state index >= 15 is 0 Å². The Bertz CT molecular complexity index is 357. The summed E-state index contributed by atoms with van der Waals surface area (Å²) in [6.07, 6.45) is -4.31. The topological polar surface area (TPSA) is 21.3 Å². The number of hydrogen-bond donors (Lipinski definition) is 1. The van der Waals surface area contributed by atoms with E-state index < -0.39 is 12.8 Å². The molecule has 1 aromatic rings. The van der Waals surface area contributed by atoms with Gasteiger partial charge in [-0.1, -0.05) is 29.8 Å². The first-order chi connectivity index (χ1) is 7.94. The fraction of sp³-hybridized carbons (Fsp3) is 0.455. The van der Waals surface area contributed by atoms with E-state index in [2.05, 4.69) is 10.1 Å². The van der Waals surface area contributed by atoms with E-state index in [0.29, 0.717) is 5.02 Å². The Morgan fingerprint density at radius 1 is 1.35 bits per heavy atom. The minimum atomic E-state index is -4.31. The maximum absolute atomic E-state index is 11.9. The van der Waals surface area contributed by atoms with Gasteiger partial charge in [0.05, 0.1) is 12.6 Å². The summed E-state index contributed by atoms with van der Waals surface area (Å²) in [5.41, 5.74) is 0.721. The zero-order valence-corrected chi connectivity index (χ0v) is 9.98. The molecule has 0 fully saturated rings. The molecule has 0 heterocycles. The van der Waals surface area contributed by atoms with E-state index in [4.69, 9.17) is 11.6 Å². The molecule has 1 rings (SSSR count). The summed E-state index contributed by atoms with van der Waals surface area (Å²) in [7, 11) is 1.64. The monoisotopic (exact) mass is 267 g/mol. The number of benzene rings is 1. The highest BCUT2D eigenvalue weighted by Gasteiger charge is 2.28. The summed E-state index contributed by atoms with van der Waals surface area (Å²) >= 11 is 5.95. The fourth-order valence-electron chi connectivity index (χ4n) is 1.38. The van der Waals surface area contributed by atoms with Gasteiger partial charge in [-0.25, -0.2) is 0 Å². The van der Waals surface area contributed by atoms with Gasteiger partial charge in [-0.2, -0.15) is 13.2 Å². The molecule has 0 radical (unpaired) electrons. The molecule has 0 aliphatic rings. The molecule has 2 nitrogen and oxygen atoms in total. The van der Waals surface area contributed by atoms with Crippen LogP contribution in [0, 0.1) is 0 Å². The largest absolute Gasteiger partial charge is 0.411 e. The number of hydrogen-bond acceptors (Lipinski definition) is 2. The molecule has 0 amide bonds. The number of likely N-dealkylation sites (N-methyl/N-ethyl adjacent to an activating group) is 1. The van der Waals surface area contributed by atoms with Gasteiger partial charge in [-0.05, 0) is 18.7 Å². The highest BCUT2D eigenvalue weighted by molar-refractivity contribution is 6.31. The van der Waals surface area contributed by atoms with Crippen molar-refractivity contribution in [2.24, 2.45) is 0 Å². The molecule has 6 heteroatoms. The van der Waals surface area contributed by atoms with E-state index in [0.717, 1.165) is 5.56 Å². The first kappa shape index (κ1) is 14.3. The van der Waals surface area contributed by atoms with E-state index in [1.807, 2.05) is 0 Å². The lowest BCUT2D eigenvalue weighted by molar-refractivity contribution is -0.175. The number of alkyl halides is 3. The van der Waals surface area contributed by atoms with Gasteiger partial charge in [0.1, 0.15) is 6.61 Å². The van der Waals surface area contributed by atoms with Crippen molar-refractivity contribution in [2.75, 3.05) is 20.3 Å². The molecule has 1 N–H and O–H groups in total. The van der Waals surface area contributed by atoms with Crippen molar-refractivity contribution < 1.29 is 17.9 Å². The Morgan fingerprint density at radius 3 is 2.53 bits per heavy atom. The second-order valence-electron chi connectivity index (χ2n) is 3.49. The van der Waals surface area contributed by atoms with Crippen LogP contribution >= 0.6 is 11.6 Å². The van der Waals surface area contributed by atoms with Crippen molar-refractivity contribution in [1.82, 2.24) is 5.32 Å². The van der Waals surface area contributed by atoms with Crippen LogP contribution in [0.4, 0.5) is 13.2 Å². The van der Waals surface area contributed by atoms with Crippen LogP contribution in [0.3, 0.4) is 0 Å². The molecule has 0 saturated heterocycles. The van der Waals surface area contributed by atoms with E-state index in [9.17, 15) is 13.2 Å². The second-order valence-corrected chi connectivity index (χ2v) is 3.90. The molecule has 0 saturated carbocycles. The van der Waals surface area contributed by atoms with Crippen molar-refractivity contribution in [3.05, 3.63) is 34.9 Å². The van der Waals surface area contributed by atoms with Gasteiger partial charge in [-0.3, -0.25) is 0 Å². The summed E-state index contributed by atoms with van der Waals surface area (Å²) in [4.78, 5) is 0. The first-order valence-electron chi connectivity index (χ1n) is 5.00. The minimum Gasteiger partial charge on any atom is -0.370 e. The van der Waals surface area contributed by atoms with Crippen LogP contribution in [0.2, 0.25) is 5.02 Å². The average Bonchev–Trinajstić information content (AvgIpc) is 2.24. The SMILES string of the molecule is CNC(COCC(F)(F)F)c1ccccc1Cl. The van der Waals surface area contributed by atoms with Gasteiger partial charge in [-0.15, -0.1) is 0 Å². The molecule has 1 unspecified atom stereocenters. The Kier molecular flexibility index (Phi) is 5.24. The van der Waals surface area contributed by atoms with Crippen LogP contribution in [0.1, 0.15) is 11.6 Å². The number of halogens is 4. The van der Waals surface area contributed by atoms with Crippen LogP contribution in [-0.4, -0.2) is 26.4 Å². The molecule has 0 aromatic heterocycles. The third kappa shape index (κ3) is 4.93. The summed E-state index contributed by atoms with van der Waals surface area (Å²) in [6, 6.07) is 6.61. The summed E-state index contributed by atoms with van der Waals surface area (Å²) in [5, 5.41) is 3.37. The van der Waals surface area contributed by atoms with Crippen LogP contribution < -0.4 is 5.32 Å². The second kappa shape index (κ2) is 6.23. The van der Waals surface area contributed by atoms with Crippen molar-refractivity contribution in [3.8, 4) is 0 Å². The Balaban J connectivity index is 2.58. The van der Waals surface area contributed by atoms with Gasteiger partial charge in [0.25, 0.3) is 0 Å². The highest BCUT2D eigenvalue weighted by Crippen LogP contribution is 2.23. The zero-order valence-electron chi connectivity index (χ0n) is 9.22. The highest BCUT2D eigenvalue weighted by atomic mass is 35.5. The molecule has 1 aromatic carbocycles. The van der Waals surface area contributed by atoms with E-state index in [-0.39, 0.29) is 12.6 Å². The predicted molar refractivity (Wildman–Crippen MR) is 60.1 cm³/mol. The van der Waals surface area contributed by atoms with Crippen molar-refractivity contribution in [1.29, 1.82) is 0 Å². The first-order valence-corrected chi connectivity index (χ1v) is 5.38. The van der Waals surface area contributed by atoms with Crippen LogP contribution in [0.15, 0.2) is 24.3 Å². The van der Waals surface area contributed by atoms with Gasteiger partial charge < -0.3 is 10.1 Å². The summed E-state index contributed by atoms with van der Waals surface area (Å²) in [6.45, 7) is -1.34. The molecule has 0 aliphatic carbocycles. The number of ether oxygens (including phenoxy) is 1. The van der Waals surface area contributed by atoms with Gasteiger partial charge in [0.2, 0.25) is 0 Å². The van der Waals surface area contributed by atoms with Crippen LogP contribution in [0.5, 0.6) is 0 Å². The Morgan fingerprint density at radius 2 is 2.00 bits per heavy atom. The van der Waals surface area contributed by atoms with E-state index in [1.165, 1.54) is 0 Å². The number of rotatable bonds is 5. The normalized spacial score (nSPS) is 13.7. The zero-order chi connectivity index (χ0) is 12.9.